The van der Waals surface area contributed by atoms with Crippen LogP contribution in [-0.4, -0.2) is 73.3 Å². The quantitative estimate of drug-likeness (QED) is 0.409. The number of rotatable bonds is 5. The Morgan fingerprint density at radius 1 is 0.739 bits per heavy atom. The third-order valence-electron chi connectivity index (χ3n) is 1.90. The molecule has 0 heterocycles. The summed E-state index contributed by atoms with van der Waals surface area (Å²) in [6, 6.07) is 0. The molecule has 0 bridgehead atoms. The molecule has 0 fully saturated rings. The SMILES string of the molecule is O=C(O)C(F)(F)F.O=C(O)C(F)C(O)(C(=O)O)C(F)(F)C(=O)O. The first-order chi connectivity index (χ1) is 9.93. The van der Waals surface area contributed by atoms with Crippen LogP contribution in [-0.2, 0) is 19.2 Å². The fourth-order valence-electron chi connectivity index (χ4n) is 0.744. The number of carbonyl (C=O) groups is 4. The minimum atomic E-state index is -5.50. The zero-order valence-electron chi connectivity index (χ0n) is 10.2. The molecule has 0 aromatic carbocycles. The summed E-state index contributed by atoms with van der Waals surface area (Å²) in [6.07, 6.45) is -9.09. The molecule has 2 unspecified atom stereocenters. The lowest BCUT2D eigenvalue weighted by molar-refractivity contribution is -0.234. The summed E-state index contributed by atoms with van der Waals surface area (Å²) in [5.41, 5.74) is -4.88. The molecule has 5 N–H and O–H groups in total. The Morgan fingerprint density at radius 3 is 1.17 bits per heavy atom. The Morgan fingerprint density at radius 2 is 1.04 bits per heavy atom. The first-order valence-electron chi connectivity index (χ1n) is 4.68. The molecule has 0 saturated heterocycles. The highest BCUT2D eigenvalue weighted by Gasteiger charge is 2.71. The van der Waals surface area contributed by atoms with Crippen LogP contribution in [0.4, 0.5) is 26.3 Å². The third kappa shape index (κ3) is 4.97. The van der Waals surface area contributed by atoms with Gasteiger partial charge < -0.3 is 25.5 Å². The molecule has 15 heteroatoms. The van der Waals surface area contributed by atoms with Crippen molar-refractivity contribution in [2.45, 2.75) is 23.9 Å². The Kier molecular flexibility index (Phi) is 7.03. The highest BCUT2D eigenvalue weighted by atomic mass is 19.4. The van der Waals surface area contributed by atoms with Crippen molar-refractivity contribution in [3.8, 4) is 0 Å². The predicted octanol–water partition coefficient (Wildman–Crippen LogP) is -0.422. The van der Waals surface area contributed by atoms with E-state index in [1.54, 1.807) is 0 Å². The summed E-state index contributed by atoms with van der Waals surface area (Å²) in [6.45, 7) is 0. The van der Waals surface area contributed by atoms with E-state index in [0.29, 0.717) is 0 Å². The third-order valence-corrected chi connectivity index (χ3v) is 1.90. The lowest BCUT2D eigenvalue weighted by Crippen LogP contribution is -2.65. The summed E-state index contributed by atoms with van der Waals surface area (Å²) in [5.74, 6) is -17.2. The van der Waals surface area contributed by atoms with E-state index in [-0.39, 0.29) is 0 Å². The van der Waals surface area contributed by atoms with E-state index in [1.807, 2.05) is 0 Å². The number of alkyl halides is 6. The smallest absolute Gasteiger partial charge is 0.479 e. The van der Waals surface area contributed by atoms with Gasteiger partial charge in [0.2, 0.25) is 6.17 Å². The van der Waals surface area contributed by atoms with Gasteiger partial charge in [0, 0.05) is 0 Å². The molecular weight excluding hydrogens is 354 g/mol. The highest BCUT2D eigenvalue weighted by Crippen LogP contribution is 2.34. The van der Waals surface area contributed by atoms with Crippen LogP contribution in [0, 0.1) is 0 Å². The summed E-state index contributed by atoms with van der Waals surface area (Å²) in [7, 11) is 0. The standard InChI is InChI=1S/C6H5F3O7.C2HF3O2/c7-1(2(10)11)5(16,3(12)13)6(8,9)4(14)15;3-2(4,5)1(6)7/h1,16H,(H,10,11)(H,12,13)(H,14,15);(H,6,7). The van der Waals surface area contributed by atoms with Crippen LogP contribution in [0.1, 0.15) is 0 Å². The second-order valence-electron chi connectivity index (χ2n) is 3.45. The molecule has 0 rings (SSSR count). The van der Waals surface area contributed by atoms with Gasteiger partial charge in [0.1, 0.15) is 0 Å². The molecule has 0 spiro atoms. The summed E-state index contributed by atoms with van der Waals surface area (Å²) in [5, 5.41) is 39.9. The van der Waals surface area contributed by atoms with Crippen molar-refractivity contribution in [3.63, 3.8) is 0 Å². The fraction of sp³-hybridized carbons (Fsp3) is 0.500. The van der Waals surface area contributed by atoms with Gasteiger partial charge in [-0.25, -0.2) is 23.6 Å². The van der Waals surface area contributed by atoms with Crippen molar-refractivity contribution in [2.75, 3.05) is 0 Å². The lowest BCUT2D eigenvalue weighted by atomic mass is 9.90. The Balaban J connectivity index is 0. The van der Waals surface area contributed by atoms with E-state index in [2.05, 4.69) is 0 Å². The minimum Gasteiger partial charge on any atom is -0.479 e. The summed E-state index contributed by atoms with van der Waals surface area (Å²) >= 11 is 0. The van der Waals surface area contributed by atoms with Crippen molar-refractivity contribution in [3.05, 3.63) is 0 Å². The van der Waals surface area contributed by atoms with Gasteiger partial charge in [-0.3, -0.25) is 0 Å². The van der Waals surface area contributed by atoms with Gasteiger partial charge in [-0.1, -0.05) is 0 Å². The van der Waals surface area contributed by atoms with E-state index in [1.165, 1.54) is 0 Å². The molecule has 0 aliphatic heterocycles. The molecule has 9 nitrogen and oxygen atoms in total. The number of carboxylic acids is 4. The molecule has 0 aromatic rings. The first-order valence-corrected chi connectivity index (χ1v) is 4.68. The number of carboxylic acid groups (broad SMARTS) is 4. The van der Waals surface area contributed by atoms with E-state index < -0.39 is 47.7 Å². The highest BCUT2D eigenvalue weighted by molar-refractivity contribution is 5.94. The fourth-order valence-corrected chi connectivity index (χ4v) is 0.744. The Hall–Kier alpha value is -2.58. The number of hydrogen-bond donors (Lipinski definition) is 5. The van der Waals surface area contributed by atoms with Gasteiger partial charge in [0.05, 0.1) is 0 Å². The zero-order valence-corrected chi connectivity index (χ0v) is 10.2. The second kappa shape index (κ2) is 7.12. The Labute approximate surface area is 120 Å². The molecule has 23 heavy (non-hydrogen) atoms. The maximum Gasteiger partial charge on any atom is 0.490 e. The van der Waals surface area contributed by atoms with Gasteiger partial charge in [-0.2, -0.15) is 22.0 Å². The molecule has 2 atom stereocenters. The zero-order chi connectivity index (χ0) is 19.4. The van der Waals surface area contributed by atoms with E-state index in [4.69, 9.17) is 30.3 Å². The molecule has 134 valence electrons. The first kappa shape index (κ1) is 22.7. The van der Waals surface area contributed by atoms with Gasteiger partial charge in [0.25, 0.3) is 5.60 Å². The monoisotopic (exact) mass is 360 g/mol. The number of aliphatic hydroxyl groups is 1. The van der Waals surface area contributed by atoms with Crippen LogP contribution in [0.25, 0.3) is 0 Å². The molecular formula is C8H6F6O9. The average molecular weight is 360 g/mol. The summed E-state index contributed by atoms with van der Waals surface area (Å²) in [4.78, 5) is 39.1. The van der Waals surface area contributed by atoms with Gasteiger partial charge in [-0.15, -0.1) is 0 Å². The molecule has 0 radical (unpaired) electrons. The van der Waals surface area contributed by atoms with Crippen LogP contribution < -0.4 is 0 Å². The van der Waals surface area contributed by atoms with Crippen LogP contribution in [0.2, 0.25) is 0 Å². The van der Waals surface area contributed by atoms with Gasteiger partial charge >= 0.3 is 36.0 Å². The molecule has 0 aliphatic rings. The molecule has 0 saturated carbocycles. The van der Waals surface area contributed by atoms with Crippen molar-refractivity contribution in [1.82, 2.24) is 0 Å². The van der Waals surface area contributed by atoms with Crippen molar-refractivity contribution < 1.29 is 71.1 Å². The molecule has 0 aromatic heterocycles. The van der Waals surface area contributed by atoms with Gasteiger partial charge in [-0.05, 0) is 0 Å². The number of halogens is 6. The lowest BCUT2D eigenvalue weighted by Gasteiger charge is -2.29. The minimum absolute atomic E-state index is 2.73. The topological polar surface area (TPSA) is 169 Å². The van der Waals surface area contributed by atoms with Crippen molar-refractivity contribution in [1.29, 1.82) is 0 Å². The van der Waals surface area contributed by atoms with Gasteiger partial charge in [0.15, 0.2) is 0 Å². The van der Waals surface area contributed by atoms with E-state index >= 15 is 0 Å². The van der Waals surface area contributed by atoms with E-state index in [0.717, 1.165) is 0 Å². The normalized spacial score (nSPS) is 15.4. The Bertz CT molecular complexity index is 501. The van der Waals surface area contributed by atoms with Crippen LogP contribution >= 0.6 is 0 Å². The van der Waals surface area contributed by atoms with E-state index in [9.17, 15) is 40.7 Å². The molecule has 0 aliphatic carbocycles. The van der Waals surface area contributed by atoms with Crippen molar-refractivity contribution >= 4 is 23.9 Å². The second-order valence-corrected chi connectivity index (χ2v) is 3.45. The maximum absolute atomic E-state index is 12.7. The molecule has 0 amide bonds. The number of aliphatic carboxylic acids is 4. The van der Waals surface area contributed by atoms with Crippen LogP contribution in [0.3, 0.4) is 0 Å². The van der Waals surface area contributed by atoms with Crippen LogP contribution in [0.15, 0.2) is 0 Å². The largest absolute Gasteiger partial charge is 0.490 e. The van der Waals surface area contributed by atoms with Crippen LogP contribution in [0.5, 0.6) is 0 Å². The maximum atomic E-state index is 12.7. The summed E-state index contributed by atoms with van der Waals surface area (Å²) < 4.78 is 69.9. The average Bonchev–Trinajstić information content (AvgIpc) is 2.35. The number of hydrogen-bond acceptors (Lipinski definition) is 5. The predicted molar refractivity (Wildman–Crippen MR) is 51.4 cm³/mol. The van der Waals surface area contributed by atoms with Crippen molar-refractivity contribution in [2.24, 2.45) is 0 Å².